The standard InChI is InChI=1S/C21H23B2N9O11P2/c1-7-29-18-11(19(35)30-7)28-6-32(18)21-15-12(33)8(40-21)2-38-44(22,36)42-14-9(3-39-45(23,37)43-15)41-20(13(14)34)31-5-27-10-16(24)25-4-26-17(10)31/h4-6,8-9,12-15,20-21,33-34H,2-3H2,1H3,(H2,24,25,26)(H,29,30,35)/q-2/t8-,9-,12?,13?,14+,15+,20-,21-,44?,45?/m1/s1. The largest absolute Gasteiger partial charge is 0.444 e. The third kappa shape index (κ3) is 5.44. The van der Waals surface area contributed by atoms with E-state index in [1.807, 2.05) is 0 Å². The van der Waals surface area contributed by atoms with E-state index >= 15 is 0 Å². The summed E-state index contributed by atoms with van der Waals surface area (Å²) in [5.41, 5.74) is 5.78. The number of hydrogen-bond donors (Lipinski definition) is 4. The number of aliphatic hydroxyl groups excluding tert-OH is 2. The number of anilines is 1. The van der Waals surface area contributed by atoms with Crippen molar-refractivity contribution in [1.29, 1.82) is 0 Å². The molecule has 4 aromatic heterocycles. The molecule has 236 valence electrons. The molecule has 0 aromatic carbocycles. The van der Waals surface area contributed by atoms with E-state index in [0.29, 0.717) is 0 Å². The maximum absolute atomic E-state index is 13.5. The van der Waals surface area contributed by atoms with Crippen molar-refractivity contribution in [2.75, 3.05) is 18.9 Å². The lowest BCUT2D eigenvalue weighted by Crippen LogP contribution is -2.36. The summed E-state index contributed by atoms with van der Waals surface area (Å²) in [5, 5.41) is 22.3. The predicted molar refractivity (Wildman–Crippen MR) is 151 cm³/mol. The molecular weight excluding hydrogens is 638 g/mol. The average molecular weight is 661 g/mol. The van der Waals surface area contributed by atoms with Gasteiger partial charge in [-0.05, 0) is 6.92 Å². The van der Waals surface area contributed by atoms with E-state index in [1.54, 1.807) is 6.92 Å². The van der Waals surface area contributed by atoms with Crippen LogP contribution in [0.5, 0.6) is 0 Å². The minimum Gasteiger partial charge on any atom is -0.444 e. The summed E-state index contributed by atoms with van der Waals surface area (Å²) < 4.78 is 63.2. The van der Waals surface area contributed by atoms with Crippen molar-refractivity contribution in [2.45, 2.75) is 56.0 Å². The Morgan fingerprint density at radius 3 is 2.24 bits per heavy atom. The van der Waals surface area contributed by atoms with Gasteiger partial charge in [0.05, 0.1) is 40.8 Å². The zero-order chi connectivity index (χ0) is 31.8. The second-order valence-corrected chi connectivity index (χ2v) is 13.6. The van der Waals surface area contributed by atoms with Gasteiger partial charge in [-0.1, -0.05) is 0 Å². The van der Waals surface area contributed by atoms with E-state index in [2.05, 4.69) is 29.9 Å². The number of rotatable bonds is 2. The Labute approximate surface area is 254 Å². The summed E-state index contributed by atoms with van der Waals surface area (Å²) in [6, 6.07) is 0. The summed E-state index contributed by atoms with van der Waals surface area (Å²) in [6.45, 7) is 0.281. The first kappa shape index (κ1) is 30.6. The van der Waals surface area contributed by atoms with Gasteiger partial charge in [0.15, 0.2) is 35.1 Å². The fourth-order valence-electron chi connectivity index (χ4n) is 5.44. The van der Waals surface area contributed by atoms with Gasteiger partial charge in [-0.3, -0.25) is 13.9 Å². The monoisotopic (exact) mass is 661 g/mol. The molecule has 2 bridgehead atoms. The Morgan fingerprint density at radius 1 is 0.889 bits per heavy atom. The van der Waals surface area contributed by atoms with Gasteiger partial charge in [0.2, 0.25) is 0 Å². The Balaban J connectivity index is 1.21. The third-order valence-corrected chi connectivity index (χ3v) is 9.58. The number of imidazole rings is 2. The topological polar surface area (TPSA) is 263 Å². The zero-order valence-corrected chi connectivity index (χ0v) is 24.9. The van der Waals surface area contributed by atoms with Crippen LogP contribution in [0.3, 0.4) is 0 Å². The molecule has 0 spiro atoms. The van der Waals surface area contributed by atoms with Crippen molar-refractivity contribution in [3.8, 4) is 0 Å². The van der Waals surface area contributed by atoms with Crippen LogP contribution >= 0.6 is 14.9 Å². The number of aromatic nitrogens is 8. The summed E-state index contributed by atoms with van der Waals surface area (Å²) in [5.74, 6) is 0.334. The molecule has 3 fully saturated rings. The molecule has 4 unspecified atom stereocenters. The number of H-pyrrole nitrogens is 1. The number of aromatic amines is 1. The van der Waals surface area contributed by atoms with Crippen LogP contribution in [-0.2, 0) is 36.7 Å². The Morgan fingerprint density at radius 2 is 1.51 bits per heavy atom. The number of nitrogens with one attached hydrogen (secondary N) is 1. The molecule has 0 amide bonds. The number of ether oxygens (including phenoxy) is 2. The highest BCUT2D eigenvalue weighted by molar-refractivity contribution is 7.79. The number of hydrogen-bond acceptors (Lipinski definition) is 17. The molecule has 10 atom stereocenters. The van der Waals surface area contributed by atoms with Crippen LogP contribution in [0.15, 0.2) is 23.8 Å². The quantitative estimate of drug-likeness (QED) is 0.144. The number of aliphatic hydroxyl groups is 2. The van der Waals surface area contributed by atoms with Crippen molar-refractivity contribution >= 4 is 58.2 Å². The van der Waals surface area contributed by atoms with E-state index in [1.165, 1.54) is 28.1 Å². The molecule has 0 aliphatic carbocycles. The fourth-order valence-corrected chi connectivity index (χ4v) is 7.44. The number of fused-ring (bicyclic) bond motifs is 5. The molecular formula is C21H23B2N9O11P2-2. The minimum atomic E-state index is -4.56. The highest BCUT2D eigenvalue weighted by Crippen LogP contribution is 2.53. The van der Waals surface area contributed by atoms with Gasteiger partial charge in [0, 0.05) is 0 Å². The Hall–Kier alpha value is -3.03. The van der Waals surface area contributed by atoms with E-state index < -0.39 is 82.8 Å². The van der Waals surface area contributed by atoms with E-state index in [0.717, 1.165) is 0 Å². The van der Waals surface area contributed by atoms with Crippen LogP contribution < -0.4 is 11.3 Å². The van der Waals surface area contributed by atoms with Gasteiger partial charge >= 0.3 is 0 Å². The second kappa shape index (κ2) is 11.0. The smallest absolute Gasteiger partial charge is 0.279 e. The lowest BCUT2D eigenvalue weighted by Gasteiger charge is -2.35. The molecule has 5 N–H and O–H groups in total. The number of nitrogens with two attached hydrogens (primary N) is 1. The third-order valence-electron chi connectivity index (χ3n) is 7.48. The molecule has 4 aromatic rings. The van der Waals surface area contributed by atoms with Gasteiger partial charge in [-0.15, -0.1) is 0 Å². The van der Waals surface area contributed by atoms with Gasteiger partial charge in [-0.2, -0.15) is 0 Å². The van der Waals surface area contributed by atoms with Crippen LogP contribution in [0, 0.1) is 6.92 Å². The highest BCUT2D eigenvalue weighted by Gasteiger charge is 2.50. The fraction of sp³-hybridized carbons (Fsp3) is 0.524. The SMILES string of the molecule is [B-]P1(=O)OC[C@H]2O[C@@H](n3cnc4c(=O)[nH]c(C)nc43)[C@@H](OP([B-])(=O)OC[C@H]3O[C@@H](n4cnc5c(N)ncnc54)C(O)[C@H]3O1)C2O. The molecule has 45 heavy (non-hydrogen) atoms. The van der Waals surface area contributed by atoms with Crippen molar-refractivity contribution in [3.05, 3.63) is 35.2 Å². The van der Waals surface area contributed by atoms with E-state index in [9.17, 15) is 24.1 Å². The molecule has 3 aliphatic rings. The normalized spacial score (nSPS) is 37.7. The second-order valence-electron chi connectivity index (χ2n) is 10.5. The molecule has 6 radical (unpaired) electrons. The predicted octanol–water partition coefficient (Wildman–Crippen LogP) is -1.26. The highest BCUT2D eigenvalue weighted by atomic mass is 31.2. The van der Waals surface area contributed by atoms with E-state index in [4.69, 9.17) is 48.4 Å². The van der Waals surface area contributed by atoms with Crippen molar-refractivity contribution in [1.82, 2.24) is 39.0 Å². The summed E-state index contributed by atoms with van der Waals surface area (Å²) in [6.07, 6.45) is -7.66. The molecule has 0 saturated carbocycles. The van der Waals surface area contributed by atoms with Gasteiger partial charge < -0.3 is 72.8 Å². The average Bonchev–Trinajstić information content (AvgIpc) is 3.72. The van der Waals surface area contributed by atoms with Gasteiger partial charge in [0.1, 0.15) is 54.3 Å². The minimum absolute atomic E-state index is 0.0454. The van der Waals surface area contributed by atoms with Gasteiger partial charge in [-0.25, -0.2) is 24.9 Å². The summed E-state index contributed by atoms with van der Waals surface area (Å²) in [7, 11) is 2.76. The lowest BCUT2D eigenvalue weighted by molar-refractivity contribution is -0.0578. The Bertz CT molecular complexity index is 1940. The summed E-state index contributed by atoms with van der Waals surface area (Å²) >= 11 is 0. The zero-order valence-electron chi connectivity index (χ0n) is 23.1. The maximum atomic E-state index is 13.5. The molecule has 7 rings (SSSR count). The number of aryl methyl sites for hydroxylation is 1. The molecule has 3 aliphatic heterocycles. The van der Waals surface area contributed by atoms with Crippen molar-refractivity contribution < 1.29 is 46.9 Å². The first-order valence-electron chi connectivity index (χ1n) is 13.3. The maximum Gasteiger partial charge on any atom is 0.279 e. The molecule has 24 heteroatoms. The van der Waals surface area contributed by atoms with Crippen molar-refractivity contribution in [2.24, 2.45) is 0 Å². The van der Waals surface area contributed by atoms with Crippen LogP contribution in [-0.4, -0.2) is 114 Å². The number of nitrogen functional groups attached to an aromatic ring is 1. The number of nitrogens with zero attached hydrogens (tertiary/aromatic N) is 7. The van der Waals surface area contributed by atoms with Crippen LogP contribution in [0.4, 0.5) is 5.82 Å². The first-order valence-corrected chi connectivity index (χ1v) is 16.5. The summed E-state index contributed by atoms with van der Waals surface area (Å²) in [4.78, 5) is 35.4. The van der Waals surface area contributed by atoms with Gasteiger partial charge in [0.25, 0.3) is 5.56 Å². The molecule has 20 nitrogen and oxygen atoms in total. The van der Waals surface area contributed by atoms with E-state index in [-0.39, 0.29) is 34.0 Å². The van der Waals surface area contributed by atoms with Crippen LogP contribution in [0.1, 0.15) is 18.3 Å². The van der Waals surface area contributed by atoms with Crippen LogP contribution in [0.2, 0.25) is 0 Å². The molecule has 3 saturated heterocycles. The molecule has 7 heterocycles. The lowest BCUT2D eigenvalue weighted by atomic mass is 10.1. The van der Waals surface area contributed by atoms with Crippen LogP contribution in [0.25, 0.3) is 22.3 Å². The first-order chi connectivity index (χ1) is 21.3. The van der Waals surface area contributed by atoms with Crippen molar-refractivity contribution in [3.63, 3.8) is 0 Å². The Kier molecular flexibility index (Phi) is 7.52.